The van der Waals surface area contributed by atoms with E-state index in [9.17, 15) is 26.4 Å². The van der Waals surface area contributed by atoms with Gasteiger partial charge in [-0.1, -0.05) is 12.4 Å². The van der Waals surface area contributed by atoms with Crippen LogP contribution in [0.2, 0.25) is 0 Å². The maximum atomic E-state index is 12.7. The zero-order chi connectivity index (χ0) is 17.8. The number of benzene rings is 1. The summed E-state index contributed by atoms with van der Waals surface area (Å²) < 4.78 is 77.2. The molecule has 128 valence electrons. The van der Waals surface area contributed by atoms with Crippen molar-refractivity contribution in [1.29, 1.82) is 0 Å². The van der Waals surface area contributed by atoms with E-state index in [-0.39, 0.29) is 5.56 Å². The summed E-state index contributed by atoms with van der Waals surface area (Å²) >= 11 is 0. The first kappa shape index (κ1) is 19.3. The topological polar surface area (TPSA) is 89.9 Å². The first-order valence-electron chi connectivity index (χ1n) is 6.37. The Morgan fingerprint density at radius 3 is 2.43 bits per heavy atom. The maximum Gasteiger partial charge on any atom is 0.426 e. The van der Waals surface area contributed by atoms with Crippen molar-refractivity contribution in [3.63, 3.8) is 0 Å². The van der Waals surface area contributed by atoms with Crippen molar-refractivity contribution < 1.29 is 40.4 Å². The quantitative estimate of drug-likeness (QED) is 0.462. The Kier molecular flexibility index (Phi) is 6.06. The van der Waals surface area contributed by atoms with Crippen LogP contribution in [0, 0.1) is 0 Å². The van der Waals surface area contributed by atoms with E-state index in [1.54, 1.807) is 0 Å². The molecule has 1 N–H and O–H groups in total. The maximum absolute atomic E-state index is 12.7. The van der Waals surface area contributed by atoms with Crippen molar-refractivity contribution in [2.45, 2.75) is 18.6 Å². The minimum atomic E-state index is -5.14. The lowest BCUT2D eigenvalue weighted by Crippen LogP contribution is -2.39. The van der Waals surface area contributed by atoms with E-state index in [4.69, 9.17) is 9.29 Å². The van der Waals surface area contributed by atoms with Crippen molar-refractivity contribution in [3.05, 3.63) is 29.3 Å². The molecule has 0 aliphatic rings. The van der Waals surface area contributed by atoms with Gasteiger partial charge >= 0.3 is 12.1 Å². The van der Waals surface area contributed by atoms with Gasteiger partial charge in [-0.2, -0.15) is 21.6 Å². The Morgan fingerprint density at radius 1 is 1.39 bits per heavy atom. The van der Waals surface area contributed by atoms with Crippen molar-refractivity contribution in [3.8, 4) is 5.75 Å². The number of carbonyl (C=O) groups excluding carboxylic acids is 1. The van der Waals surface area contributed by atoms with E-state index in [1.165, 1.54) is 25.3 Å². The van der Waals surface area contributed by atoms with E-state index < -0.39 is 34.1 Å². The van der Waals surface area contributed by atoms with Crippen LogP contribution in [-0.2, 0) is 21.2 Å². The average molecular weight is 354 g/mol. The molecule has 23 heavy (non-hydrogen) atoms. The molecule has 0 aliphatic heterocycles. The van der Waals surface area contributed by atoms with Gasteiger partial charge in [-0.3, -0.25) is 4.55 Å². The number of methoxy groups -OCH3 is 1. The second kappa shape index (κ2) is 7.22. The van der Waals surface area contributed by atoms with Crippen LogP contribution in [0.5, 0.6) is 5.75 Å². The van der Waals surface area contributed by atoms with Gasteiger partial charge in [-0.25, -0.2) is 4.79 Å². The lowest BCUT2D eigenvalue weighted by atomic mass is 9.95. The minimum Gasteiger partial charge on any atom is -0.496 e. The smallest absolute Gasteiger partial charge is 0.426 e. The minimum absolute atomic E-state index is 0.233. The highest BCUT2D eigenvalue weighted by atomic mass is 32.2. The summed E-state index contributed by atoms with van der Waals surface area (Å²) in [6.07, 6.45) is -7.53. The van der Waals surface area contributed by atoms with Crippen molar-refractivity contribution in [1.82, 2.24) is 0 Å². The number of esters is 1. The van der Waals surface area contributed by atoms with E-state index in [1.807, 2.05) is 7.85 Å². The van der Waals surface area contributed by atoms with Gasteiger partial charge in [0.05, 0.1) is 12.7 Å². The number of alkyl halides is 3. The monoisotopic (exact) mass is 354 g/mol. The van der Waals surface area contributed by atoms with E-state index in [0.29, 0.717) is 12.1 Å². The number of hydrogen-bond acceptors (Lipinski definition) is 5. The molecule has 0 heterocycles. The molecule has 0 radical (unpaired) electrons. The van der Waals surface area contributed by atoms with Crippen LogP contribution >= 0.6 is 0 Å². The molecule has 1 rings (SSSR count). The van der Waals surface area contributed by atoms with Gasteiger partial charge in [-0.05, 0) is 17.7 Å². The van der Waals surface area contributed by atoms with Gasteiger partial charge in [-0.15, -0.1) is 0 Å². The van der Waals surface area contributed by atoms with E-state index >= 15 is 0 Å². The summed E-state index contributed by atoms with van der Waals surface area (Å²) in [6.45, 7) is 0. The fourth-order valence-corrected chi connectivity index (χ4v) is 2.39. The predicted molar refractivity (Wildman–Crippen MR) is 76.9 cm³/mol. The van der Waals surface area contributed by atoms with Crippen LogP contribution in [0.25, 0.3) is 0 Å². The molecule has 0 aromatic heterocycles. The van der Waals surface area contributed by atoms with Crippen LogP contribution in [0.3, 0.4) is 0 Å². The van der Waals surface area contributed by atoms with Gasteiger partial charge < -0.3 is 9.47 Å². The molecule has 6 nitrogen and oxygen atoms in total. The van der Waals surface area contributed by atoms with E-state index in [2.05, 4.69) is 4.74 Å². The van der Waals surface area contributed by atoms with E-state index in [0.717, 1.165) is 5.56 Å². The average Bonchev–Trinajstić information content (AvgIpc) is 2.43. The molecular formula is C12H14BF3O6S. The standard InChI is InChI=1S/C12H14BF3O6S/c1-21-9-4-7(2-3-8(9)5-13)11(17)22-10(12(14,15)16)6-23(18,19)20/h2-4,10H,5-6,13H2,1H3,(H,18,19,20). The van der Waals surface area contributed by atoms with Gasteiger partial charge in [0.15, 0.2) is 0 Å². The summed E-state index contributed by atoms with van der Waals surface area (Å²) in [7, 11) is -1.82. The number of rotatable bonds is 6. The summed E-state index contributed by atoms with van der Waals surface area (Å²) in [4.78, 5) is 11.8. The molecule has 1 aromatic rings. The second-order valence-electron chi connectivity index (χ2n) is 4.56. The first-order chi connectivity index (χ1) is 10.5. The third-order valence-corrected chi connectivity index (χ3v) is 3.60. The van der Waals surface area contributed by atoms with Crippen molar-refractivity contribution >= 4 is 23.9 Å². The summed E-state index contributed by atoms with van der Waals surface area (Å²) in [5.41, 5.74) is 0.498. The molecule has 0 bridgehead atoms. The molecule has 0 fully saturated rings. The van der Waals surface area contributed by atoms with Crippen molar-refractivity contribution in [2.24, 2.45) is 0 Å². The van der Waals surface area contributed by atoms with Gasteiger partial charge in [0.1, 0.15) is 19.3 Å². The van der Waals surface area contributed by atoms with Crippen LogP contribution in [0.15, 0.2) is 18.2 Å². The van der Waals surface area contributed by atoms with Crippen LogP contribution < -0.4 is 4.74 Å². The summed E-state index contributed by atoms with van der Waals surface area (Å²) in [5.74, 6) is -2.86. The highest BCUT2D eigenvalue weighted by Crippen LogP contribution is 2.26. The molecule has 0 amide bonds. The zero-order valence-electron chi connectivity index (χ0n) is 12.3. The number of ether oxygens (including phenoxy) is 2. The van der Waals surface area contributed by atoms with Crippen molar-refractivity contribution in [2.75, 3.05) is 12.9 Å². The Balaban J connectivity index is 3.03. The number of hydrogen-bond donors (Lipinski definition) is 1. The highest BCUT2D eigenvalue weighted by molar-refractivity contribution is 7.85. The molecule has 11 heteroatoms. The fraction of sp³-hybridized carbons (Fsp3) is 0.417. The Labute approximate surface area is 131 Å². The van der Waals surface area contributed by atoms with Crippen LogP contribution in [0.4, 0.5) is 13.2 Å². The Morgan fingerprint density at radius 2 is 2.00 bits per heavy atom. The molecule has 1 aromatic carbocycles. The van der Waals surface area contributed by atoms with Crippen LogP contribution in [0.1, 0.15) is 15.9 Å². The molecule has 1 unspecified atom stereocenters. The SMILES string of the molecule is BCc1ccc(C(=O)OC(CS(=O)(=O)O)C(F)(F)F)cc1OC. The number of halogens is 3. The largest absolute Gasteiger partial charge is 0.496 e. The molecular weight excluding hydrogens is 340 g/mol. The summed E-state index contributed by atoms with van der Waals surface area (Å²) in [6, 6.07) is 3.92. The lowest BCUT2D eigenvalue weighted by molar-refractivity contribution is -0.197. The first-order valence-corrected chi connectivity index (χ1v) is 7.98. The van der Waals surface area contributed by atoms with Crippen LogP contribution in [-0.4, -0.2) is 51.9 Å². The third-order valence-electron chi connectivity index (χ3n) is 2.88. The Bertz CT molecular complexity index is 674. The fourth-order valence-electron chi connectivity index (χ4n) is 1.75. The normalized spacial score (nSPS) is 13.4. The molecule has 1 atom stereocenters. The van der Waals surface area contributed by atoms with Gasteiger partial charge in [0.25, 0.3) is 10.1 Å². The lowest BCUT2D eigenvalue weighted by Gasteiger charge is -2.19. The molecule has 0 saturated carbocycles. The third kappa shape index (κ3) is 5.75. The second-order valence-corrected chi connectivity index (χ2v) is 6.06. The van der Waals surface area contributed by atoms with Gasteiger partial charge in [0, 0.05) is 0 Å². The highest BCUT2D eigenvalue weighted by Gasteiger charge is 2.45. The summed E-state index contributed by atoms with van der Waals surface area (Å²) in [5, 5.41) is 0. The number of carbonyl (C=O) groups is 1. The molecule has 0 spiro atoms. The predicted octanol–water partition coefficient (Wildman–Crippen LogP) is 0.804. The molecule has 0 aliphatic carbocycles. The zero-order valence-corrected chi connectivity index (χ0v) is 13.1. The molecule has 0 saturated heterocycles. The van der Waals surface area contributed by atoms with Gasteiger partial charge in [0.2, 0.25) is 6.10 Å². The Hall–Kier alpha value is -1.75.